The molecule has 0 aliphatic heterocycles. The van der Waals surface area contributed by atoms with Crippen LogP contribution in [0.3, 0.4) is 0 Å². The highest BCUT2D eigenvalue weighted by molar-refractivity contribution is 7.39. The zero-order valence-corrected chi connectivity index (χ0v) is 12.5. The Morgan fingerprint density at radius 3 is 2.58 bits per heavy atom. The molecule has 2 fully saturated rings. The summed E-state index contributed by atoms with van der Waals surface area (Å²) in [7, 11) is -1.89. The van der Waals surface area contributed by atoms with E-state index < -0.39 is 14.0 Å². The van der Waals surface area contributed by atoms with Crippen molar-refractivity contribution in [3.63, 3.8) is 0 Å². The second-order valence-electron chi connectivity index (χ2n) is 6.34. The van der Waals surface area contributed by atoms with Gasteiger partial charge in [-0.05, 0) is 47.5 Å². The highest BCUT2D eigenvalue weighted by Crippen LogP contribution is 2.53. The minimum absolute atomic E-state index is 0.0369. The summed E-state index contributed by atoms with van der Waals surface area (Å²) in [5.41, 5.74) is 0.656. The molecule has 0 heterocycles. The Bertz CT molecular complexity index is 410. The molecule has 0 aromatic heterocycles. The van der Waals surface area contributed by atoms with E-state index in [2.05, 4.69) is 13.8 Å². The number of rotatable bonds is 8. The SMILES string of the molecule is CC1(C)CC1CCO[P+](=O)CC(=CC1CC1)C(=O)O. The van der Waals surface area contributed by atoms with Gasteiger partial charge >= 0.3 is 14.0 Å². The number of carboxylic acids is 1. The average Bonchev–Trinajstić information content (AvgIpc) is 3.18. The molecule has 0 aromatic carbocycles. The Labute approximate surface area is 115 Å². The van der Waals surface area contributed by atoms with E-state index in [1.54, 1.807) is 6.08 Å². The van der Waals surface area contributed by atoms with Gasteiger partial charge in [-0.25, -0.2) is 4.79 Å². The van der Waals surface area contributed by atoms with Crippen LogP contribution in [-0.2, 0) is 13.9 Å². The summed E-state index contributed by atoms with van der Waals surface area (Å²) < 4.78 is 17.0. The molecule has 4 nitrogen and oxygen atoms in total. The van der Waals surface area contributed by atoms with Crippen LogP contribution in [0.1, 0.15) is 39.5 Å². The molecule has 106 valence electrons. The lowest BCUT2D eigenvalue weighted by molar-refractivity contribution is -0.132. The minimum atomic E-state index is -1.89. The monoisotopic (exact) mass is 285 g/mol. The molecular formula is C14H22O4P+. The molecule has 2 rings (SSSR count). The first-order chi connectivity index (χ1) is 8.88. The zero-order valence-electron chi connectivity index (χ0n) is 11.6. The zero-order chi connectivity index (χ0) is 14.0. The number of carbonyl (C=O) groups is 1. The summed E-state index contributed by atoms with van der Waals surface area (Å²) in [6, 6.07) is 0. The van der Waals surface area contributed by atoms with Gasteiger partial charge in [0.05, 0.1) is 5.57 Å². The number of carboxylic acid groups (broad SMARTS) is 1. The Morgan fingerprint density at radius 2 is 2.11 bits per heavy atom. The van der Waals surface area contributed by atoms with Gasteiger partial charge in [-0.1, -0.05) is 19.9 Å². The van der Waals surface area contributed by atoms with Crippen molar-refractivity contribution in [2.45, 2.75) is 39.5 Å². The summed E-state index contributed by atoms with van der Waals surface area (Å²) in [5.74, 6) is 0.0702. The van der Waals surface area contributed by atoms with Crippen LogP contribution >= 0.6 is 8.03 Å². The normalized spacial score (nSPS) is 26.1. The lowest BCUT2D eigenvalue weighted by atomic mass is 10.1. The molecule has 2 unspecified atom stereocenters. The maximum Gasteiger partial charge on any atom is 0.513 e. The van der Waals surface area contributed by atoms with E-state index in [1.165, 1.54) is 6.42 Å². The molecule has 2 atom stereocenters. The number of aliphatic carboxylic acids is 1. The van der Waals surface area contributed by atoms with Crippen LogP contribution in [0.5, 0.6) is 0 Å². The van der Waals surface area contributed by atoms with E-state index in [0.29, 0.717) is 23.9 Å². The van der Waals surface area contributed by atoms with Gasteiger partial charge in [0.25, 0.3) is 0 Å². The molecule has 19 heavy (non-hydrogen) atoms. The maximum atomic E-state index is 11.7. The second kappa shape index (κ2) is 5.72. The van der Waals surface area contributed by atoms with E-state index >= 15 is 0 Å². The fraction of sp³-hybridized carbons (Fsp3) is 0.786. The Balaban J connectivity index is 1.69. The largest absolute Gasteiger partial charge is 0.513 e. The van der Waals surface area contributed by atoms with Gasteiger partial charge in [0.15, 0.2) is 0 Å². The van der Waals surface area contributed by atoms with E-state index in [4.69, 9.17) is 9.63 Å². The van der Waals surface area contributed by atoms with Crippen molar-refractivity contribution < 1.29 is 19.0 Å². The third kappa shape index (κ3) is 4.70. The van der Waals surface area contributed by atoms with E-state index in [-0.39, 0.29) is 11.7 Å². The molecule has 1 N–H and O–H groups in total. The fourth-order valence-corrected chi connectivity index (χ4v) is 3.21. The first kappa shape index (κ1) is 14.7. The number of hydrogen-bond acceptors (Lipinski definition) is 3. The molecule has 0 amide bonds. The van der Waals surface area contributed by atoms with Crippen LogP contribution < -0.4 is 0 Å². The molecule has 0 spiro atoms. The van der Waals surface area contributed by atoms with E-state index in [0.717, 1.165) is 19.3 Å². The van der Waals surface area contributed by atoms with Crippen molar-refractivity contribution in [2.75, 3.05) is 12.8 Å². The van der Waals surface area contributed by atoms with Crippen molar-refractivity contribution >= 4 is 14.0 Å². The summed E-state index contributed by atoms with van der Waals surface area (Å²) in [4.78, 5) is 11.0. The predicted octanol–water partition coefficient (Wildman–Crippen LogP) is 3.60. The van der Waals surface area contributed by atoms with Gasteiger partial charge in [-0.3, -0.25) is 0 Å². The predicted molar refractivity (Wildman–Crippen MR) is 73.4 cm³/mol. The molecule has 0 aromatic rings. The lowest BCUT2D eigenvalue weighted by Gasteiger charge is -1.99. The van der Waals surface area contributed by atoms with Crippen molar-refractivity contribution in [1.29, 1.82) is 0 Å². The Morgan fingerprint density at radius 1 is 1.47 bits per heavy atom. The van der Waals surface area contributed by atoms with Crippen LogP contribution in [0.15, 0.2) is 11.6 Å². The first-order valence-corrected chi connectivity index (χ1v) is 8.26. The van der Waals surface area contributed by atoms with Crippen LogP contribution in [0.25, 0.3) is 0 Å². The molecule has 2 aliphatic carbocycles. The summed E-state index contributed by atoms with van der Waals surface area (Å²) in [6.45, 7) is 4.91. The van der Waals surface area contributed by atoms with Crippen LogP contribution in [0.2, 0.25) is 0 Å². The second-order valence-corrected chi connectivity index (χ2v) is 7.58. The highest BCUT2D eigenvalue weighted by Gasteiger charge is 2.45. The topological polar surface area (TPSA) is 63.6 Å². The van der Waals surface area contributed by atoms with Crippen LogP contribution in [0, 0.1) is 17.3 Å². The summed E-state index contributed by atoms with van der Waals surface area (Å²) >= 11 is 0. The minimum Gasteiger partial charge on any atom is -0.478 e. The average molecular weight is 285 g/mol. The summed E-state index contributed by atoms with van der Waals surface area (Å²) in [6.07, 6.45) is 5.99. The fourth-order valence-electron chi connectivity index (χ4n) is 2.29. The first-order valence-electron chi connectivity index (χ1n) is 6.90. The standard InChI is InChI=1S/C14H21O4P/c1-14(2)8-12(14)5-6-18-19(17)9-11(13(15)16)7-10-3-4-10/h7,10,12H,3-6,8-9H2,1-2H3/p+1. The van der Waals surface area contributed by atoms with E-state index in [1.807, 2.05) is 0 Å². The van der Waals surface area contributed by atoms with Gasteiger partial charge in [-0.15, -0.1) is 4.52 Å². The quantitative estimate of drug-likeness (QED) is 0.546. The van der Waals surface area contributed by atoms with Crippen molar-refractivity contribution in [3.8, 4) is 0 Å². The highest BCUT2D eigenvalue weighted by atomic mass is 31.1. The lowest BCUT2D eigenvalue weighted by Crippen LogP contribution is -2.04. The molecule has 2 aliphatic rings. The van der Waals surface area contributed by atoms with Crippen molar-refractivity contribution in [3.05, 3.63) is 11.6 Å². The Kier molecular flexibility index (Phi) is 4.42. The van der Waals surface area contributed by atoms with Gasteiger partial charge in [0, 0.05) is 0 Å². The molecule has 0 saturated heterocycles. The smallest absolute Gasteiger partial charge is 0.478 e. The molecule has 0 bridgehead atoms. The van der Waals surface area contributed by atoms with Crippen LogP contribution in [0.4, 0.5) is 0 Å². The van der Waals surface area contributed by atoms with Gasteiger partial charge in [0.2, 0.25) is 6.16 Å². The third-order valence-corrected chi connectivity index (χ3v) is 5.12. The number of allylic oxidation sites excluding steroid dienone is 1. The Hall–Kier alpha value is -0.730. The molecule has 5 heteroatoms. The maximum absolute atomic E-state index is 11.7. The van der Waals surface area contributed by atoms with Crippen molar-refractivity contribution in [2.24, 2.45) is 17.3 Å². The summed E-state index contributed by atoms with van der Waals surface area (Å²) in [5, 5.41) is 9.04. The number of hydrogen-bond donors (Lipinski definition) is 1. The molecule has 0 radical (unpaired) electrons. The van der Waals surface area contributed by atoms with Crippen LogP contribution in [-0.4, -0.2) is 23.8 Å². The molecular weight excluding hydrogens is 263 g/mol. The van der Waals surface area contributed by atoms with Gasteiger partial charge < -0.3 is 5.11 Å². The van der Waals surface area contributed by atoms with Gasteiger partial charge in [0.1, 0.15) is 6.61 Å². The van der Waals surface area contributed by atoms with E-state index in [9.17, 15) is 9.36 Å². The third-order valence-electron chi connectivity index (χ3n) is 4.05. The van der Waals surface area contributed by atoms with Gasteiger partial charge in [-0.2, -0.15) is 0 Å². The van der Waals surface area contributed by atoms with Crippen molar-refractivity contribution in [1.82, 2.24) is 0 Å². The molecule has 2 saturated carbocycles.